The van der Waals surface area contributed by atoms with E-state index in [2.05, 4.69) is 15.0 Å². The van der Waals surface area contributed by atoms with E-state index in [1.807, 2.05) is 24.3 Å². The van der Waals surface area contributed by atoms with Crippen molar-refractivity contribution in [1.29, 1.82) is 0 Å². The molecule has 2 heterocycles. The Morgan fingerprint density at radius 3 is 2.83 bits per heavy atom. The first-order chi connectivity index (χ1) is 11.6. The van der Waals surface area contributed by atoms with E-state index in [0.29, 0.717) is 5.56 Å². The first-order valence-corrected chi connectivity index (χ1v) is 7.49. The van der Waals surface area contributed by atoms with Crippen molar-refractivity contribution in [2.45, 2.75) is 6.92 Å². The van der Waals surface area contributed by atoms with Crippen molar-refractivity contribution in [2.75, 3.05) is 13.7 Å². The quantitative estimate of drug-likeness (QED) is 0.858. The lowest BCUT2D eigenvalue weighted by Crippen LogP contribution is -2.33. The number of benzene rings is 1. The first-order valence-electron chi connectivity index (χ1n) is 7.49. The number of H-pyrrole nitrogens is 1. The lowest BCUT2D eigenvalue weighted by molar-refractivity contribution is -0.122. The number of ether oxygens (including phenoxy) is 1. The number of amidine groups is 1. The highest BCUT2D eigenvalue weighted by molar-refractivity contribution is 6.48. The number of carbonyl (C=O) groups excluding carboxylic acids is 2. The number of para-hydroxylation sites is 1. The highest BCUT2D eigenvalue weighted by Gasteiger charge is 2.32. The molecule has 24 heavy (non-hydrogen) atoms. The summed E-state index contributed by atoms with van der Waals surface area (Å²) in [6.45, 7) is 1.61. The fourth-order valence-corrected chi connectivity index (χ4v) is 2.62. The molecule has 1 aromatic heterocycles. The van der Waals surface area contributed by atoms with Gasteiger partial charge in [-0.25, -0.2) is 9.98 Å². The largest absolute Gasteiger partial charge is 0.383 e. The van der Waals surface area contributed by atoms with Gasteiger partial charge in [-0.15, -0.1) is 0 Å². The average Bonchev–Trinajstić information content (AvgIpc) is 2.88. The van der Waals surface area contributed by atoms with Crippen molar-refractivity contribution in [3.63, 3.8) is 0 Å². The van der Waals surface area contributed by atoms with Gasteiger partial charge < -0.3 is 9.72 Å². The van der Waals surface area contributed by atoms with Crippen LogP contribution >= 0.6 is 0 Å². The van der Waals surface area contributed by atoms with Gasteiger partial charge in [0.05, 0.1) is 12.2 Å². The van der Waals surface area contributed by atoms with E-state index in [1.165, 1.54) is 26.4 Å². The molecule has 0 saturated heterocycles. The lowest BCUT2D eigenvalue weighted by atomic mass is 9.86. The standard InChI is InChI=1S/C18H17N3O3/c1-12(22)18(11-24-2)7-8-19-17(21-10-18)16(23)14-9-20-15-6-4-3-5-13(14)15/h3-10,20H,11H2,1-2H3. The Bertz CT molecular complexity index is 892. The molecular weight excluding hydrogens is 306 g/mol. The second-order valence-electron chi connectivity index (χ2n) is 5.63. The number of aromatic nitrogens is 1. The molecule has 0 bridgehead atoms. The van der Waals surface area contributed by atoms with Crippen LogP contribution in [0.15, 0.2) is 52.7 Å². The van der Waals surface area contributed by atoms with Gasteiger partial charge in [0.15, 0.2) is 0 Å². The molecule has 0 amide bonds. The number of hydrogen-bond donors (Lipinski definition) is 1. The number of ketones is 2. The minimum absolute atomic E-state index is 0.0373. The van der Waals surface area contributed by atoms with Gasteiger partial charge in [-0.2, -0.15) is 0 Å². The SMILES string of the molecule is COCC1(C(C)=O)C=CN=C(C(=O)c2c[nH]c3ccccc23)N=C1. The van der Waals surface area contributed by atoms with Crippen LogP contribution in [0.3, 0.4) is 0 Å². The zero-order chi connectivity index (χ0) is 17.2. The van der Waals surface area contributed by atoms with E-state index in [1.54, 1.807) is 12.3 Å². The van der Waals surface area contributed by atoms with Gasteiger partial charge in [-0.1, -0.05) is 18.2 Å². The van der Waals surface area contributed by atoms with Crippen molar-refractivity contribution in [2.24, 2.45) is 15.4 Å². The third-order valence-electron chi connectivity index (χ3n) is 4.06. The number of aliphatic imine (C=N–C) groups is 2. The second-order valence-corrected chi connectivity index (χ2v) is 5.63. The van der Waals surface area contributed by atoms with Crippen LogP contribution in [0.4, 0.5) is 0 Å². The van der Waals surface area contributed by atoms with Crippen molar-refractivity contribution in [3.05, 3.63) is 48.3 Å². The maximum atomic E-state index is 12.8. The summed E-state index contributed by atoms with van der Waals surface area (Å²) in [4.78, 5) is 36.1. The molecule has 3 rings (SSSR count). The van der Waals surface area contributed by atoms with Crippen molar-refractivity contribution in [3.8, 4) is 0 Å². The molecule has 2 aromatic rings. The molecule has 0 aliphatic carbocycles. The smallest absolute Gasteiger partial charge is 0.232 e. The molecule has 1 aliphatic rings. The topological polar surface area (TPSA) is 83.9 Å². The van der Waals surface area contributed by atoms with Gasteiger partial charge in [0.25, 0.3) is 0 Å². The number of methoxy groups -OCH3 is 1. The summed E-state index contributed by atoms with van der Waals surface area (Å²) in [6, 6.07) is 7.51. The Balaban J connectivity index is 1.96. The molecule has 0 fully saturated rings. The Morgan fingerprint density at radius 2 is 2.08 bits per heavy atom. The van der Waals surface area contributed by atoms with Gasteiger partial charge in [0, 0.05) is 36.6 Å². The number of carbonyl (C=O) groups is 2. The minimum atomic E-state index is -1.000. The number of Topliss-reactive ketones (excluding diaryl/α,β-unsaturated/α-hetero) is 2. The molecular formula is C18H17N3O3. The van der Waals surface area contributed by atoms with Crippen molar-refractivity contribution >= 4 is 34.5 Å². The molecule has 1 atom stereocenters. The van der Waals surface area contributed by atoms with E-state index in [4.69, 9.17) is 4.74 Å². The zero-order valence-corrected chi connectivity index (χ0v) is 13.4. The van der Waals surface area contributed by atoms with Gasteiger partial charge in [-0.3, -0.25) is 9.59 Å². The predicted molar refractivity (Wildman–Crippen MR) is 92.7 cm³/mol. The van der Waals surface area contributed by atoms with Crippen LogP contribution < -0.4 is 0 Å². The van der Waals surface area contributed by atoms with E-state index in [9.17, 15) is 9.59 Å². The zero-order valence-electron chi connectivity index (χ0n) is 13.4. The van der Waals surface area contributed by atoms with E-state index < -0.39 is 5.41 Å². The van der Waals surface area contributed by atoms with Gasteiger partial charge in [0.1, 0.15) is 11.2 Å². The summed E-state index contributed by atoms with van der Waals surface area (Å²) in [5.41, 5.74) is 0.365. The number of hydrogen-bond acceptors (Lipinski definition) is 5. The maximum Gasteiger partial charge on any atom is 0.232 e. The molecule has 1 unspecified atom stereocenters. The van der Waals surface area contributed by atoms with E-state index in [-0.39, 0.29) is 24.0 Å². The van der Waals surface area contributed by atoms with Crippen LogP contribution in [0.1, 0.15) is 17.3 Å². The molecule has 0 radical (unpaired) electrons. The van der Waals surface area contributed by atoms with Crippen LogP contribution in [-0.4, -0.2) is 42.3 Å². The molecule has 1 aromatic carbocycles. The molecule has 0 spiro atoms. The first kappa shape index (κ1) is 16.0. The fourth-order valence-electron chi connectivity index (χ4n) is 2.62. The summed E-state index contributed by atoms with van der Waals surface area (Å²) >= 11 is 0. The Hall–Kier alpha value is -2.86. The number of fused-ring (bicyclic) bond motifs is 1. The summed E-state index contributed by atoms with van der Waals surface area (Å²) in [7, 11) is 1.51. The predicted octanol–water partition coefficient (Wildman–Crippen LogP) is 2.57. The molecule has 1 aliphatic heterocycles. The number of aromatic amines is 1. The summed E-state index contributed by atoms with van der Waals surface area (Å²) in [6.07, 6.45) is 6.13. The molecule has 1 N–H and O–H groups in total. The fraction of sp³-hybridized carbons (Fsp3) is 0.222. The van der Waals surface area contributed by atoms with Crippen molar-refractivity contribution in [1.82, 2.24) is 4.98 Å². The summed E-state index contributed by atoms with van der Waals surface area (Å²) < 4.78 is 5.12. The summed E-state index contributed by atoms with van der Waals surface area (Å²) in [5, 5.41) is 0.809. The maximum absolute atomic E-state index is 12.8. The average molecular weight is 323 g/mol. The van der Waals surface area contributed by atoms with Crippen LogP contribution in [0, 0.1) is 5.41 Å². The molecule has 6 nitrogen and oxygen atoms in total. The van der Waals surface area contributed by atoms with E-state index in [0.717, 1.165) is 10.9 Å². The minimum Gasteiger partial charge on any atom is -0.383 e. The van der Waals surface area contributed by atoms with Crippen LogP contribution in [0.25, 0.3) is 10.9 Å². The normalized spacial score (nSPS) is 20.0. The number of nitrogens with one attached hydrogen (secondary N) is 1. The van der Waals surface area contributed by atoms with Crippen LogP contribution in [0.2, 0.25) is 0 Å². The number of rotatable bonds is 5. The molecule has 0 saturated carbocycles. The monoisotopic (exact) mass is 323 g/mol. The molecule has 6 heteroatoms. The van der Waals surface area contributed by atoms with Gasteiger partial charge >= 0.3 is 0 Å². The van der Waals surface area contributed by atoms with Crippen LogP contribution in [-0.2, 0) is 9.53 Å². The third-order valence-corrected chi connectivity index (χ3v) is 4.06. The Kier molecular flexibility index (Phi) is 4.22. The third kappa shape index (κ3) is 2.72. The Morgan fingerprint density at radius 1 is 1.29 bits per heavy atom. The van der Waals surface area contributed by atoms with Crippen molar-refractivity contribution < 1.29 is 14.3 Å². The summed E-state index contributed by atoms with van der Waals surface area (Å²) in [5.74, 6) is -0.388. The second kappa shape index (κ2) is 6.33. The number of nitrogens with zero attached hydrogens (tertiary/aromatic N) is 2. The molecule has 122 valence electrons. The van der Waals surface area contributed by atoms with Crippen LogP contribution in [0.5, 0.6) is 0 Å². The Labute approximate surface area is 139 Å². The lowest BCUT2D eigenvalue weighted by Gasteiger charge is -2.20. The van der Waals surface area contributed by atoms with Gasteiger partial charge in [-0.05, 0) is 19.1 Å². The highest BCUT2D eigenvalue weighted by Crippen LogP contribution is 2.23. The van der Waals surface area contributed by atoms with Gasteiger partial charge in [0.2, 0.25) is 11.6 Å². The highest BCUT2D eigenvalue weighted by atomic mass is 16.5. The van der Waals surface area contributed by atoms with E-state index >= 15 is 0 Å².